The standard InChI is InChI=1S/C16H16N2O3/c19-14-11-17-16(20)15(12-5-2-1-3-6-12)18(14)9-8-13-7-4-10-21-13/h1-7,10,15H,8-9,11H2,(H,17,20). The van der Waals surface area contributed by atoms with Crippen LogP contribution in [0, 0.1) is 0 Å². The second-order valence-corrected chi connectivity index (χ2v) is 4.95. The predicted octanol–water partition coefficient (Wildman–Crippen LogP) is 1.52. The molecule has 108 valence electrons. The van der Waals surface area contributed by atoms with E-state index >= 15 is 0 Å². The lowest BCUT2D eigenvalue weighted by atomic mass is 10.0. The molecule has 2 heterocycles. The zero-order valence-electron chi connectivity index (χ0n) is 11.5. The highest BCUT2D eigenvalue weighted by atomic mass is 16.3. The second-order valence-electron chi connectivity index (χ2n) is 4.95. The maximum absolute atomic E-state index is 12.2. The van der Waals surface area contributed by atoms with Gasteiger partial charge in [-0.1, -0.05) is 30.3 Å². The highest BCUT2D eigenvalue weighted by Crippen LogP contribution is 2.24. The molecule has 0 bridgehead atoms. The fourth-order valence-electron chi connectivity index (χ4n) is 2.55. The summed E-state index contributed by atoms with van der Waals surface area (Å²) in [6.45, 7) is 0.514. The highest BCUT2D eigenvalue weighted by molar-refractivity contribution is 5.95. The lowest BCUT2D eigenvalue weighted by Gasteiger charge is -2.35. The Morgan fingerprint density at radius 1 is 1.14 bits per heavy atom. The van der Waals surface area contributed by atoms with Gasteiger partial charge in [0.15, 0.2) is 0 Å². The number of piperazine rings is 1. The Kier molecular flexibility index (Phi) is 3.73. The third-order valence-electron chi connectivity index (χ3n) is 3.59. The minimum Gasteiger partial charge on any atom is -0.469 e. The van der Waals surface area contributed by atoms with Gasteiger partial charge in [-0.3, -0.25) is 9.59 Å². The van der Waals surface area contributed by atoms with E-state index in [0.717, 1.165) is 11.3 Å². The van der Waals surface area contributed by atoms with E-state index in [2.05, 4.69) is 5.32 Å². The van der Waals surface area contributed by atoms with Crippen molar-refractivity contribution in [1.82, 2.24) is 10.2 Å². The molecule has 0 saturated carbocycles. The number of nitrogens with one attached hydrogen (secondary N) is 1. The van der Waals surface area contributed by atoms with Crippen LogP contribution >= 0.6 is 0 Å². The molecule has 3 rings (SSSR count). The van der Waals surface area contributed by atoms with Crippen LogP contribution in [0.3, 0.4) is 0 Å². The Morgan fingerprint density at radius 3 is 2.67 bits per heavy atom. The summed E-state index contributed by atoms with van der Waals surface area (Å²) in [4.78, 5) is 26.0. The van der Waals surface area contributed by atoms with Crippen molar-refractivity contribution in [2.45, 2.75) is 12.5 Å². The summed E-state index contributed by atoms with van der Waals surface area (Å²) < 4.78 is 5.29. The van der Waals surface area contributed by atoms with Gasteiger partial charge in [0.05, 0.1) is 12.8 Å². The SMILES string of the molecule is O=C1NCC(=O)N(CCc2ccco2)C1c1ccccc1. The van der Waals surface area contributed by atoms with Crippen LogP contribution in [0.2, 0.25) is 0 Å². The number of carbonyl (C=O) groups excluding carboxylic acids is 2. The summed E-state index contributed by atoms with van der Waals surface area (Å²) in [5, 5.41) is 2.65. The number of rotatable bonds is 4. The first-order valence-corrected chi connectivity index (χ1v) is 6.90. The Balaban J connectivity index is 1.82. The van der Waals surface area contributed by atoms with Gasteiger partial charge in [-0.25, -0.2) is 0 Å². The molecule has 1 atom stereocenters. The first-order valence-electron chi connectivity index (χ1n) is 6.90. The van der Waals surface area contributed by atoms with E-state index in [0.29, 0.717) is 13.0 Å². The van der Waals surface area contributed by atoms with Crippen LogP contribution in [0.1, 0.15) is 17.4 Å². The highest BCUT2D eigenvalue weighted by Gasteiger charge is 2.35. The molecule has 1 fully saturated rings. The third kappa shape index (κ3) is 2.81. The first kappa shape index (κ1) is 13.4. The second kappa shape index (κ2) is 5.83. The fourth-order valence-corrected chi connectivity index (χ4v) is 2.55. The van der Waals surface area contributed by atoms with Gasteiger partial charge in [0.2, 0.25) is 11.8 Å². The van der Waals surface area contributed by atoms with Crippen LogP contribution in [0.5, 0.6) is 0 Å². The van der Waals surface area contributed by atoms with Crippen LogP contribution in [0.25, 0.3) is 0 Å². The molecule has 5 heteroatoms. The molecule has 1 N–H and O–H groups in total. The molecule has 1 aromatic heterocycles. The van der Waals surface area contributed by atoms with Crippen molar-refractivity contribution in [2.24, 2.45) is 0 Å². The minimum absolute atomic E-state index is 0.0559. The van der Waals surface area contributed by atoms with E-state index in [-0.39, 0.29) is 18.4 Å². The molecule has 5 nitrogen and oxygen atoms in total. The van der Waals surface area contributed by atoms with Crippen LogP contribution in [-0.2, 0) is 16.0 Å². The molecule has 0 aliphatic carbocycles. The molecule has 2 aromatic rings. The predicted molar refractivity (Wildman–Crippen MR) is 76.3 cm³/mol. The van der Waals surface area contributed by atoms with Gasteiger partial charge in [-0.05, 0) is 17.7 Å². The molecule has 1 aliphatic heterocycles. The summed E-state index contributed by atoms with van der Waals surface area (Å²) in [6, 6.07) is 12.5. The Morgan fingerprint density at radius 2 is 1.95 bits per heavy atom. The van der Waals surface area contributed by atoms with E-state index in [1.165, 1.54) is 0 Å². The van der Waals surface area contributed by atoms with E-state index in [4.69, 9.17) is 4.42 Å². The van der Waals surface area contributed by atoms with Crippen molar-refractivity contribution in [3.63, 3.8) is 0 Å². The Labute approximate surface area is 122 Å². The Hall–Kier alpha value is -2.56. The number of carbonyl (C=O) groups is 2. The summed E-state index contributed by atoms with van der Waals surface area (Å²) in [6.07, 6.45) is 2.20. The van der Waals surface area contributed by atoms with E-state index in [1.54, 1.807) is 11.2 Å². The smallest absolute Gasteiger partial charge is 0.247 e. The largest absolute Gasteiger partial charge is 0.469 e. The zero-order chi connectivity index (χ0) is 14.7. The normalized spacial score (nSPS) is 18.7. The number of hydrogen-bond donors (Lipinski definition) is 1. The molecule has 1 aromatic carbocycles. The van der Waals surface area contributed by atoms with Crippen molar-refractivity contribution in [1.29, 1.82) is 0 Å². The lowest BCUT2D eigenvalue weighted by Crippen LogP contribution is -2.54. The van der Waals surface area contributed by atoms with E-state index in [9.17, 15) is 9.59 Å². The number of hydrogen-bond acceptors (Lipinski definition) is 3. The quantitative estimate of drug-likeness (QED) is 0.926. The van der Waals surface area contributed by atoms with Crippen LogP contribution < -0.4 is 5.32 Å². The van der Waals surface area contributed by atoms with E-state index in [1.807, 2.05) is 42.5 Å². The minimum atomic E-state index is -0.567. The first-order chi connectivity index (χ1) is 10.3. The summed E-state index contributed by atoms with van der Waals surface area (Å²) in [5.41, 5.74) is 0.822. The van der Waals surface area contributed by atoms with Crippen molar-refractivity contribution < 1.29 is 14.0 Å². The number of furan rings is 1. The number of nitrogens with zero attached hydrogens (tertiary/aromatic N) is 1. The van der Waals surface area contributed by atoms with Crippen LogP contribution in [0.4, 0.5) is 0 Å². The zero-order valence-corrected chi connectivity index (χ0v) is 11.5. The monoisotopic (exact) mass is 284 g/mol. The molecule has 0 spiro atoms. The van der Waals surface area contributed by atoms with Crippen molar-refractivity contribution in [2.75, 3.05) is 13.1 Å². The van der Waals surface area contributed by atoms with E-state index < -0.39 is 6.04 Å². The third-order valence-corrected chi connectivity index (χ3v) is 3.59. The Bertz CT molecular complexity index is 622. The number of amides is 2. The van der Waals surface area contributed by atoms with Crippen LogP contribution in [-0.4, -0.2) is 29.8 Å². The maximum Gasteiger partial charge on any atom is 0.247 e. The van der Waals surface area contributed by atoms with Gasteiger partial charge in [0.25, 0.3) is 0 Å². The molecule has 0 radical (unpaired) electrons. The summed E-state index contributed by atoms with van der Waals surface area (Å²) in [5.74, 6) is 0.593. The van der Waals surface area contributed by atoms with Gasteiger partial charge in [-0.2, -0.15) is 0 Å². The topological polar surface area (TPSA) is 62.6 Å². The molecular formula is C16H16N2O3. The summed E-state index contributed by atoms with van der Waals surface area (Å²) >= 11 is 0. The fraction of sp³-hybridized carbons (Fsp3) is 0.250. The molecule has 1 aliphatic rings. The summed E-state index contributed by atoms with van der Waals surface area (Å²) in [7, 11) is 0. The average Bonchev–Trinajstić information content (AvgIpc) is 3.02. The van der Waals surface area contributed by atoms with Gasteiger partial charge < -0.3 is 14.6 Å². The van der Waals surface area contributed by atoms with Gasteiger partial charge in [0.1, 0.15) is 11.8 Å². The van der Waals surface area contributed by atoms with Crippen molar-refractivity contribution in [3.05, 3.63) is 60.1 Å². The average molecular weight is 284 g/mol. The molecule has 1 unspecified atom stereocenters. The number of benzene rings is 1. The maximum atomic E-state index is 12.2. The van der Waals surface area contributed by atoms with Gasteiger partial charge in [0, 0.05) is 13.0 Å². The molecule has 1 saturated heterocycles. The van der Waals surface area contributed by atoms with Crippen molar-refractivity contribution >= 4 is 11.8 Å². The van der Waals surface area contributed by atoms with Gasteiger partial charge >= 0.3 is 0 Å². The lowest BCUT2D eigenvalue weighted by molar-refractivity contribution is -0.145. The van der Waals surface area contributed by atoms with Crippen LogP contribution in [0.15, 0.2) is 53.1 Å². The molecule has 2 amide bonds. The molecule has 21 heavy (non-hydrogen) atoms. The molecular weight excluding hydrogens is 268 g/mol. The van der Waals surface area contributed by atoms with Crippen molar-refractivity contribution in [3.8, 4) is 0 Å². The van der Waals surface area contributed by atoms with Gasteiger partial charge in [-0.15, -0.1) is 0 Å².